The Balaban J connectivity index is 2.09. The van der Waals surface area contributed by atoms with Gasteiger partial charge < -0.3 is 14.9 Å². The lowest BCUT2D eigenvalue weighted by Crippen LogP contribution is -2.38. The summed E-state index contributed by atoms with van der Waals surface area (Å²) in [5, 5.41) is 11.3. The number of ketones is 1. The Labute approximate surface area is 180 Å². The van der Waals surface area contributed by atoms with Gasteiger partial charge in [-0.25, -0.2) is 4.39 Å². The summed E-state index contributed by atoms with van der Waals surface area (Å²) in [5.41, 5.74) is 0.878. The van der Waals surface area contributed by atoms with Gasteiger partial charge in [-0.3, -0.25) is 9.59 Å². The minimum absolute atomic E-state index is 0.0200. The number of likely N-dealkylation sites (tertiary alicyclic amines) is 1. The summed E-state index contributed by atoms with van der Waals surface area (Å²) in [7, 11) is 0. The number of aliphatic hydroxyl groups is 1. The third kappa shape index (κ3) is 4.40. The molecule has 1 heterocycles. The molecule has 158 valence electrons. The number of halogens is 2. The van der Waals surface area contributed by atoms with Crippen LogP contribution in [0.3, 0.4) is 0 Å². The quantitative estimate of drug-likeness (QED) is 0.405. The van der Waals surface area contributed by atoms with Crippen molar-refractivity contribution >= 4 is 29.1 Å². The van der Waals surface area contributed by atoms with Gasteiger partial charge in [0, 0.05) is 23.7 Å². The van der Waals surface area contributed by atoms with Gasteiger partial charge >= 0.3 is 0 Å². The van der Waals surface area contributed by atoms with Gasteiger partial charge in [0.1, 0.15) is 11.6 Å². The molecule has 30 heavy (non-hydrogen) atoms. The molecule has 1 N–H and O–H groups in total. The summed E-state index contributed by atoms with van der Waals surface area (Å²) in [4.78, 5) is 29.4. The van der Waals surface area contributed by atoms with Crippen molar-refractivity contribution in [2.75, 3.05) is 26.2 Å². The van der Waals surface area contributed by atoms with E-state index in [2.05, 4.69) is 4.90 Å². The Bertz CT molecular complexity index is 971. The summed E-state index contributed by atoms with van der Waals surface area (Å²) >= 11 is 6.03. The molecular weight excluding hydrogens is 407 g/mol. The number of aliphatic hydroxyl groups excluding tert-OH is 1. The third-order valence-electron chi connectivity index (χ3n) is 5.38. The van der Waals surface area contributed by atoms with Gasteiger partial charge in [-0.05, 0) is 42.9 Å². The van der Waals surface area contributed by atoms with Crippen LogP contribution in [-0.2, 0) is 9.59 Å². The predicted molar refractivity (Wildman–Crippen MR) is 115 cm³/mol. The molecule has 0 aliphatic carbocycles. The summed E-state index contributed by atoms with van der Waals surface area (Å²) in [6, 6.07) is 11.3. The number of benzene rings is 2. The number of rotatable bonds is 7. The normalized spacial score (nSPS) is 18.4. The highest BCUT2D eigenvalue weighted by atomic mass is 35.5. The first-order valence-corrected chi connectivity index (χ1v) is 10.3. The van der Waals surface area contributed by atoms with Crippen molar-refractivity contribution in [3.05, 3.63) is 76.1 Å². The van der Waals surface area contributed by atoms with E-state index in [1.807, 2.05) is 13.8 Å². The molecule has 2 aromatic rings. The molecule has 0 saturated carbocycles. The minimum atomic E-state index is -0.805. The minimum Gasteiger partial charge on any atom is -0.507 e. The molecule has 2 aromatic carbocycles. The zero-order valence-corrected chi connectivity index (χ0v) is 17.7. The van der Waals surface area contributed by atoms with E-state index in [1.54, 1.807) is 18.2 Å². The van der Waals surface area contributed by atoms with E-state index in [0.29, 0.717) is 29.2 Å². The maximum absolute atomic E-state index is 13.5. The Morgan fingerprint density at radius 1 is 1.13 bits per heavy atom. The number of amides is 1. The number of likely N-dealkylation sites (N-methyl/N-ethyl adjacent to an activating group) is 1. The fraction of sp³-hybridized carbons (Fsp3) is 0.304. The molecule has 0 bridgehead atoms. The SMILES string of the molecule is CCN(CC)CCN1C(=O)C(=O)/C(=C(\O)c2cccc(Cl)c2)C1c1ccc(F)cc1. The molecule has 1 aliphatic rings. The second kappa shape index (κ2) is 9.41. The highest BCUT2D eigenvalue weighted by Crippen LogP contribution is 2.39. The van der Waals surface area contributed by atoms with Crippen LogP contribution in [0.2, 0.25) is 5.02 Å². The number of Topliss-reactive ketones (excluding diaryl/α,β-unsaturated/α-hetero) is 1. The molecule has 5 nitrogen and oxygen atoms in total. The Hall–Kier alpha value is -2.70. The van der Waals surface area contributed by atoms with Crippen LogP contribution in [0, 0.1) is 5.82 Å². The van der Waals surface area contributed by atoms with E-state index in [-0.39, 0.29) is 11.3 Å². The number of hydrogen-bond donors (Lipinski definition) is 1. The lowest BCUT2D eigenvalue weighted by atomic mass is 9.95. The predicted octanol–water partition coefficient (Wildman–Crippen LogP) is 4.24. The molecule has 0 spiro atoms. The van der Waals surface area contributed by atoms with Crippen LogP contribution in [-0.4, -0.2) is 52.8 Å². The molecule has 1 amide bonds. The average molecular weight is 431 g/mol. The molecule has 0 aromatic heterocycles. The fourth-order valence-corrected chi connectivity index (χ4v) is 3.87. The van der Waals surface area contributed by atoms with Crippen LogP contribution >= 0.6 is 11.6 Å². The summed E-state index contributed by atoms with van der Waals surface area (Å²) < 4.78 is 13.5. The second-order valence-electron chi connectivity index (χ2n) is 7.08. The molecule has 1 aliphatic heterocycles. The van der Waals surface area contributed by atoms with Crippen molar-refractivity contribution in [1.82, 2.24) is 9.80 Å². The summed E-state index contributed by atoms with van der Waals surface area (Å²) in [6.45, 7) is 6.55. The largest absolute Gasteiger partial charge is 0.507 e. The van der Waals surface area contributed by atoms with E-state index in [9.17, 15) is 19.1 Å². The summed E-state index contributed by atoms with van der Waals surface area (Å²) in [5.74, 6) is -2.16. The van der Waals surface area contributed by atoms with Crippen molar-refractivity contribution in [1.29, 1.82) is 0 Å². The van der Waals surface area contributed by atoms with Gasteiger partial charge in [-0.1, -0.05) is 49.7 Å². The zero-order valence-electron chi connectivity index (χ0n) is 16.9. The Morgan fingerprint density at radius 2 is 1.80 bits per heavy atom. The van der Waals surface area contributed by atoms with Crippen molar-refractivity contribution in [3.8, 4) is 0 Å². The molecule has 1 unspecified atom stereocenters. The first-order chi connectivity index (χ1) is 14.4. The van der Waals surface area contributed by atoms with Gasteiger partial charge in [-0.15, -0.1) is 0 Å². The maximum atomic E-state index is 13.5. The third-order valence-corrected chi connectivity index (χ3v) is 5.61. The van der Waals surface area contributed by atoms with Crippen LogP contribution in [0.4, 0.5) is 4.39 Å². The standard InChI is InChI=1S/C23H24ClFN2O3/c1-3-26(4-2)12-13-27-20(15-8-10-18(25)11-9-15)19(22(29)23(27)30)21(28)16-6-5-7-17(24)14-16/h5-11,14,20,28H,3-4,12-13H2,1-2H3/b21-19-. The fourth-order valence-electron chi connectivity index (χ4n) is 3.68. The number of nitrogens with zero attached hydrogens (tertiary/aromatic N) is 2. The highest BCUT2D eigenvalue weighted by Gasteiger charge is 2.45. The van der Waals surface area contributed by atoms with Crippen molar-refractivity contribution in [3.63, 3.8) is 0 Å². The van der Waals surface area contributed by atoms with Gasteiger partial charge in [0.25, 0.3) is 11.7 Å². The van der Waals surface area contributed by atoms with Gasteiger partial charge in [0.2, 0.25) is 0 Å². The summed E-state index contributed by atoms with van der Waals surface area (Å²) in [6.07, 6.45) is 0. The Morgan fingerprint density at radius 3 is 2.40 bits per heavy atom. The first kappa shape index (κ1) is 22.0. The molecule has 1 fully saturated rings. The molecule has 3 rings (SSSR count). The lowest BCUT2D eigenvalue weighted by molar-refractivity contribution is -0.140. The average Bonchev–Trinajstić information content (AvgIpc) is 2.99. The topological polar surface area (TPSA) is 60.9 Å². The molecule has 0 radical (unpaired) electrons. The van der Waals surface area contributed by atoms with Crippen LogP contribution < -0.4 is 0 Å². The van der Waals surface area contributed by atoms with Crippen LogP contribution in [0.25, 0.3) is 5.76 Å². The van der Waals surface area contributed by atoms with Gasteiger partial charge in [0.05, 0.1) is 11.6 Å². The monoisotopic (exact) mass is 430 g/mol. The number of carbonyl (C=O) groups is 2. The van der Waals surface area contributed by atoms with Crippen molar-refractivity contribution < 1.29 is 19.1 Å². The van der Waals surface area contributed by atoms with Crippen molar-refractivity contribution in [2.45, 2.75) is 19.9 Å². The smallest absolute Gasteiger partial charge is 0.295 e. The van der Waals surface area contributed by atoms with E-state index in [1.165, 1.54) is 35.2 Å². The molecular formula is C23H24ClFN2O3. The van der Waals surface area contributed by atoms with E-state index in [4.69, 9.17) is 11.6 Å². The van der Waals surface area contributed by atoms with Crippen molar-refractivity contribution in [2.24, 2.45) is 0 Å². The molecule has 7 heteroatoms. The van der Waals surface area contributed by atoms with E-state index >= 15 is 0 Å². The van der Waals surface area contributed by atoms with Crippen LogP contribution in [0.1, 0.15) is 31.0 Å². The van der Waals surface area contributed by atoms with Crippen LogP contribution in [0.15, 0.2) is 54.1 Å². The maximum Gasteiger partial charge on any atom is 0.295 e. The lowest BCUT2D eigenvalue weighted by Gasteiger charge is -2.28. The van der Waals surface area contributed by atoms with Crippen LogP contribution in [0.5, 0.6) is 0 Å². The van der Waals surface area contributed by atoms with Gasteiger partial charge in [-0.2, -0.15) is 0 Å². The number of carbonyl (C=O) groups excluding carboxylic acids is 2. The second-order valence-corrected chi connectivity index (χ2v) is 7.52. The van der Waals surface area contributed by atoms with Gasteiger partial charge in [0.15, 0.2) is 0 Å². The zero-order chi connectivity index (χ0) is 21.8. The molecule has 1 atom stereocenters. The number of hydrogen-bond acceptors (Lipinski definition) is 4. The molecule has 1 saturated heterocycles. The van der Waals surface area contributed by atoms with E-state index in [0.717, 1.165) is 13.1 Å². The highest BCUT2D eigenvalue weighted by molar-refractivity contribution is 6.46. The first-order valence-electron chi connectivity index (χ1n) is 9.89. The van der Waals surface area contributed by atoms with E-state index < -0.39 is 23.5 Å². The Kier molecular flexibility index (Phi) is 6.90.